The molecule has 1 aromatic heterocycles. The predicted octanol–water partition coefficient (Wildman–Crippen LogP) is 6.95. The number of aromatic hydroxyl groups is 1. The molecule has 0 saturated heterocycles. The number of esters is 1. The van der Waals surface area contributed by atoms with Crippen LogP contribution in [0, 0.1) is 0 Å². The number of ether oxygens (including phenoxy) is 2. The summed E-state index contributed by atoms with van der Waals surface area (Å²) in [6.07, 6.45) is 5.88. The standard InChI is InChI=1S/C29H29NO4/c1-33-29(32)21-15-16-22-24(17-21)30-27(26(22)20-11-6-3-7-12-20)23-13-8-14-25(28(23)31)34-18-19-9-4-2-5-10-19/h2,4-5,8-10,13-17,20,30-31H,3,6-7,11-12,18H2,1H3. The Labute approximate surface area is 199 Å². The maximum atomic E-state index is 12.1. The Morgan fingerprint density at radius 3 is 2.56 bits per heavy atom. The summed E-state index contributed by atoms with van der Waals surface area (Å²) in [7, 11) is 1.39. The molecule has 4 aromatic rings. The summed E-state index contributed by atoms with van der Waals surface area (Å²) in [6.45, 7) is 0.378. The molecule has 0 unspecified atom stereocenters. The zero-order valence-electron chi connectivity index (χ0n) is 19.3. The van der Waals surface area contributed by atoms with Crippen molar-refractivity contribution in [1.29, 1.82) is 0 Å². The summed E-state index contributed by atoms with van der Waals surface area (Å²) in [5, 5.41) is 12.3. The van der Waals surface area contributed by atoms with Crippen LogP contribution in [0.4, 0.5) is 0 Å². The number of hydrogen-bond acceptors (Lipinski definition) is 4. The molecule has 3 aromatic carbocycles. The van der Waals surface area contributed by atoms with E-state index in [1.54, 1.807) is 6.07 Å². The van der Waals surface area contributed by atoms with Gasteiger partial charge in [0.1, 0.15) is 6.61 Å². The van der Waals surface area contributed by atoms with Crippen molar-refractivity contribution in [3.63, 3.8) is 0 Å². The van der Waals surface area contributed by atoms with Crippen LogP contribution in [-0.2, 0) is 11.3 Å². The summed E-state index contributed by atoms with van der Waals surface area (Å²) >= 11 is 0. The van der Waals surface area contributed by atoms with Crippen LogP contribution in [-0.4, -0.2) is 23.2 Å². The van der Waals surface area contributed by atoms with Crippen molar-refractivity contribution in [1.82, 2.24) is 4.98 Å². The van der Waals surface area contributed by atoms with Crippen LogP contribution < -0.4 is 4.74 Å². The van der Waals surface area contributed by atoms with Crippen LogP contribution in [0.2, 0.25) is 0 Å². The Balaban J connectivity index is 1.58. The number of carbonyl (C=O) groups excluding carboxylic acids is 1. The largest absolute Gasteiger partial charge is 0.504 e. The summed E-state index contributed by atoms with van der Waals surface area (Å²) in [6, 6.07) is 21.2. The van der Waals surface area contributed by atoms with Crippen molar-refractivity contribution in [2.75, 3.05) is 7.11 Å². The number of nitrogens with one attached hydrogen (secondary N) is 1. The van der Waals surface area contributed by atoms with Crippen molar-refractivity contribution >= 4 is 16.9 Å². The molecule has 1 aliphatic rings. The van der Waals surface area contributed by atoms with Crippen molar-refractivity contribution in [2.24, 2.45) is 0 Å². The van der Waals surface area contributed by atoms with Crippen LogP contribution >= 0.6 is 0 Å². The minimum atomic E-state index is -0.364. The normalized spacial score (nSPS) is 14.3. The Morgan fingerprint density at radius 1 is 1.00 bits per heavy atom. The molecule has 5 rings (SSSR count). The highest BCUT2D eigenvalue weighted by Crippen LogP contribution is 2.46. The highest BCUT2D eigenvalue weighted by atomic mass is 16.5. The molecule has 174 valence electrons. The lowest BCUT2D eigenvalue weighted by atomic mass is 9.81. The second-order valence-corrected chi connectivity index (χ2v) is 8.93. The number of aromatic nitrogens is 1. The average molecular weight is 456 g/mol. The van der Waals surface area contributed by atoms with Gasteiger partial charge in [-0.2, -0.15) is 0 Å². The van der Waals surface area contributed by atoms with E-state index in [-0.39, 0.29) is 11.7 Å². The van der Waals surface area contributed by atoms with Gasteiger partial charge >= 0.3 is 5.97 Å². The van der Waals surface area contributed by atoms with Crippen LogP contribution in [0.5, 0.6) is 11.5 Å². The number of phenolic OH excluding ortho intramolecular Hbond substituents is 1. The van der Waals surface area contributed by atoms with E-state index in [4.69, 9.17) is 9.47 Å². The number of carbonyl (C=O) groups is 1. The third-order valence-electron chi connectivity index (χ3n) is 6.78. The molecular formula is C29H29NO4. The van der Waals surface area contributed by atoms with Gasteiger partial charge in [-0.05, 0) is 54.2 Å². The summed E-state index contributed by atoms with van der Waals surface area (Å²) < 4.78 is 10.9. The quantitative estimate of drug-likeness (QED) is 0.309. The molecule has 0 amide bonds. The zero-order chi connectivity index (χ0) is 23.5. The van der Waals surface area contributed by atoms with Gasteiger partial charge in [0.25, 0.3) is 0 Å². The molecule has 1 fully saturated rings. The molecule has 0 bridgehead atoms. The zero-order valence-corrected chi connectivity index (χ0v) is 19.3. The fourth-order valence-electron chi connectivity index (χ4n) is 5.07. The van der Waals surface area contributed by atoms with Crippen LogP contribution in [0.25, 0.3) is 22.2 Å². The first kappa shape index (κ1) is 22.1. The highest BCUT2D eigenvalue weighted by Gasteiger charge is 2.26. The van der Waals surface area contributed by atoms with Crippen LogP contribution in [0.15, 0.2) is 66.7 Å². The third kappa shape index (κ3) is 4.26. The van der Waals surface area contributed by atoms with Crippen molar-refractivity contribution < 1.29 is 19.4 Å². The molecular weight excluding hydrogens is 426 g/mol. The lowest BCUT2D eigenvalue weighted by Crippen LogP contribution is -2.05. The Kier molecular flexibility index (Phi) is 6.26. The van der Waals surface area contributed by atoms with E-state index in [2.05, 4.69) is 4.98 Å². The van der Waals surface area contributed by atoms with E-state index in [1.165, 1.54) is 31.9 Å². The molecule has 1 aliphatic carbocycles. The number of para-hydroxylation sites is 1. The molecule has 1 saturated carbocycles. The Bertz CT molecular complexity index is 1300. The second-order valence-electron chi connectivity index (χ2n) is 8.93. The monoisotopic (exact) mass is 455 g/mol. The molecule has 5 nitrogen and oxygen atoms in total. The highest BCUT2D eigenvalue weighted by molar-refractivity contribution is 5.98. The van der Waals surface area contributed by atoms with Gasteiger partial charge in [-0.15, -0.1) is 0 Å². The van der Waals surface area contributed by atoms with Gasteiger partial charge in [-0.3, -0.25) is 0 Å². The first-order valence-corrected chi connectivity index (χ1v) is 11.9. The topological polar surface area (TPSA) is 71.6 Å². The van der Waals surface area contributed by atoms with E-state index < -0.39 is 0 Å². The van der Waals surface area contributed by atoms with Crippen molar-refractivity contribution in [3.8, 4) is 22.8 Å². The fourth-order valence-corrected chi connectivity index (χ4v) is 5.07. The molecule has 0 radical (unpaired) electrons. The number of benzene rings is 3. The Morgan fingerprint density at radius 2 is 1.79 bits per heavy atom. The Hall–Kier alpha value is -3.73. The maximum Gasteiger partial charge on any atom is 0.337 e. The lowest BCUT2D eigenvalue weighted by molar-refractivity contribution is 0.0601. The molecule has 5 heteroatoms. The van der Waals surface area contributed by atoms with E-state index in [9.17, 15) is 9.90 Å². The number of H-pyrrole nitrogens is 1. The summed E-state index contributed by atoms with van der Waals surface area (Å²) in [5.41, 5.74) is 5.22. The van der Waals surface area contributed by atoms with Gasteiger partial charge in [-0.25, -0.2) is 4.79 Å². The van der Waals surface area contributed by atoms with Gasteiger partial charge in [-0.1, -0.05) is 61.7 Å². The predicted molar refractivity (Wildman–Crippen MR) is 133 cm³/mol. The van der Waals surface area contributed by atoms with Crippen LogP contribution in [0.1, 0.15) is 59.5 Å². The van der Waals surface area contributed by atoms with Gasteiger partial charge in [0, 0.05) is 16.5 Å². The molecule has 1 heterocycles. The van der Waals surface area contributed by atoms with E-state index >= 15 is 0 Å². The van der Waals surface area contributed by atoms with Gasteiger partial charge in [0.05, 0.1) is 18.4 Å². The molecule has 0 atom stereocenters. The smallest absolute Gasteiger partial charge is 0.337 e. The number of hydrogen-bond donors (Lipinski definition) is 2. The first-order valence-electron chi connectivity index (χ1n) is 11.9. The van der Waals surface area contributed by atoms with Crippen LogP contribution in [0.3, 0.4) is 0 Å². The molecule has 2 N–H and O–H groups in total. The summed E-state index contributed by atoms with van der Waals surface area (Å²) in [5.74, 6) is 0.603. The molecule has 0 aliphatic heterocycles. The van der Waals surface area contributed by atoms with Crippen molar-refractivity contribution in [3.05, 3.63) is 83.4 Å². The van der Waals surface area contributed by atoms with Gasteiger partial charge in [0.15, 0.2) is 11.5 Å². The number of phenols is 1. The minimum Gasteiger partial charge on any atom is -0.504 e. The molecule has 34 heavy (non-hydrogen) atoms. The fraction of sp³-hybridized carbons (Fsp3) is 0.276. The first-order chi connectivity index (χ1) is 16.7. The average Bonchev–Trinajstić information content (AvgIpc) is 3.27. The lowest BCUT2D eigenvalue weighted by Gasteiger charge is -2.23. The summed E-state index contributed by atoms with van der Waals surface area (Å²) in [4.78, 5) is 15.6. The van der Waals surface area contributed by atoms with E-state index in [0.29, 0.717) is 29.4 Å². The van der Waals surface area contributed by atoms with Crippen molar-refractivity contribution in [2.45, 2.75) is 44.6 Å². The number of methoxy groups -OCH3 is 1. The number of aromatic amines is 1. The molecule has 0 spiro atoms. The third-order valence-corrected chi connectivity index (χ3v) is 6.78. The number of rotatable bonds is 6. The second kappa shape index (κ2) is 9.64. The number of fused-ring (bicyclic) bond motifs is 1. The minimum absolute atomic E-state index is 0.121. The maximum absolute atomic E-state index is 12.1. The SMILES string of the molecule is COC(=O)c1ccc2c(C3CCCCC3)c(-c3cccc(OCc4ccccc4)c3O)[nH]c2c1. The van der Waals surface area contributed by atoms with E-state index in [0.717, 1.165) is 35.0 Å². The van der Waals surface area contributed by atoms with E-state index in [1.807, 2.05) is 60.7 Å². The van der Waals surface area contributed by atoms with Gasteiger partial charge < -0.3 is 19.6 Å². The van der Waals surface area contributed by atoms with Gasteiger partial charge in [0.2, 0.25) is 0 Å².